The van der Waals surface area contributed by atoms with Crippen LogP contribution in [0.15, 0.2) is 22.8 Å². The first kappa shape index (κ1) is 17.0. The highest BCUT2D eigenvalue weighted by atomic mass is 79.9. The van der Waals surface area contributed by atoms with Crippen molar-refractivity contribution in [3.63, 3.8) is 0 Å². The molecule has 1 aliphatic heterocycles. The van der Waals surface area contributed by atoms with Crippen LogP contribution in [0.1, 0.15) is 0 Å². The van der Waals surface area contributed by atoms with Crippen LogP contribution in [0.2, 0.25) is 5.02 Å². The Hall–Kier alpha value is -0.870. The van der Waals surface area contributed by atoms with Gasteiger partial charge in [0, 0.05) is 10.7 Å². The van der Waals surface area contributed by atoms with Crippen molar-refractivity contribution in [1.82, 2.24) is 4.98 Å². The second-order valence-electron chi connectivity index (χ2n) is 5.25. The number of hydrogen-bond donors (Lipinski definition) is 5. The van der Waals surface area contributed by atoms with Gasteiger partial charge in [0.05, 0.1) is 22.5 Å². The van der Waals surface area contributed by atoms with Crippen molar-refractivity contribution in [2.45, 2.75) is 30.7 Å². The summed E-state index contributed by atoms with van der Waals surface area (Å²) in [6, 6.07) is 3.57. The highest BCUT2D eigenvalue weighted by Gasteiger charge is 2.44. The maximum Gasteiger partial charge on any atom is 0.229 e. The van der Waals surface area contributed by atoms with E-state index in [4.69, 9.17) is 21.1 Å². The Kier molecular flexibility index (Phi) is 4.84. The Bertz CT molecular complexity index is 708. The summed E-state index contributed by atoms with van der Waals surface area (Å²) >= 11 is 9.58. The van der Waals surface area contributed by atoms with E-state index in [1.54, 1.807) is 18.3 Å². The number of fused-ring (bicyclic) bond motifs is 1. The summed E-state index contributed by atoms with van der Waals surface area (Å²) in [4.78, 5) is 2.98. The average molecular weight is 409 g/mol. The monoisotopic (exact) mass is 407 g/mol. The lowest BCUT2D eigenvalue weighted by Gasteiger charge is -2.39. The first-order chi connectivity index (χ1) is 10.9. The Balaban J connectivity index is 1.91. The van der Waals surface area contributed by atoms with Gasteiger partial charge in [0.1, 0.15) is 30.2 Å². The molecule has 0 aliphatic carbocycles. The number of aliphatic hydroxyl groups is 4. The van der Waals surface area contributed by atoms with Crippen LogP contribution in [0.25, 0.3) is 10.9 Å². The first-order valence-corrected chi connectivity index (χ1v) is 8.03. The molecule has 1 aromatic heterocycles. The van der Waals surface area contributed by atoms with Gasteiger partial charge < -0.3 is 34.9 Å². The Morgan fingerprint density at radius 2 is 1.96 bits per heavy atom. The largest absolute Gasteiger partial charge is 0.460 e. The molecule has 1 saturated heterocycles. The molecule has 2 heterocycles. The number of aromatic nitrogens is 1. The summed E-state index contributed by atoms with van der Waals surface area (Å²) in [5, 5.41) is 39.8. The van der Waals surface area contributed by atoms with Crippen LogP contribution in [0.3, 0.4) is 0 Å². The molecule has 0 radical (unpaired) electrons. The van der Waals surface area contributed by atoms with Crippen LogP contribution in [0, 0.1) is 0 Å². The quantitative estimate of drug-likeness (QED) is 0.512. The van der Waals surface area contributed by atoms with Gasteiger partial charge in [0.2, 0.25) is 6.29 Å². The zero-order valence-corrected chi connectivity index (χ0v) is 14.0. The zero-order chi connectivity index (χ0) is 16.7. The fourth-order valence-electron chi connectivity index (χ4n) is 2.51. The molecule has 23 heavy (non-hydrogen) atoms. The SMILES string of the molecule is OC[C@@H]1O[C@@H](Oc2c[nH]c3ccc(Br)c(Cl)c23)[C@H](O)[C@@H](O)[C@H]1O. The third-order valence-corrected chi connectivity index (χ3v) is 5.07. The molecule has 3 rings (SSSR count). The summed E-state index contributed by atoms with van der Waals surface area (Å²) in [7, 11) is 0. The van der Waals surface area contributed by atoms with Crippen molar-refractivity contribution in [1.29, 1.82) is 0 Å². The third-order valence-electron chi connectivity index (χ3n) is 3.79. The third kappa shape index (κ3) is 2.96. The summed E-state index contributed by atoms with van der Waals surface area (Å²) < 4.78 is 11.6. The molecule has 126 valence electrons. The summed E-state index contributed by atoms with van der Waals surface area (Å²) in [5.41, 5.74) is 0.720. The zero-order valence-electron chi connectivity index (χ0n) is 11.7. The molecule has 1 aliphatic rings. The standard InChI is InChI=1S/C14H15BrClNO6/c15-5-1-2-6-9(10(5)16)7(3-17-6)22-14-13(21)12(20)11(19)8(4-18)23-14/h1-3,8,11-14,17-21H,4H2/t8-,11-,12-,13+,14+/m0/s1. The number of rotatable bonds is 3. The van der Waals surface area contributed by atoms with Gasteiger partial charge in [0.15, 0.2) is 0 Å². The average Bonchev–Trinajstić information content (AvgIpc) is 2.95. The molecule has 5 N–H and O–H groups in total. The van der Waals surface area contributed by atoms with Crippen molar-refractivity contribution < 1.29 is 29.9 Å². The topological polar surface area (TPSA) is 115 Å². The number of aliphatic hydroxyl groups excluding tert-OH is 4. The molecule has 0 bridgehead atoms. The molecular weight excluding hydrogens is 394 g/mol. The van der Waals surface area contributed by atoms with Gasteiger partial charge in [-0.15, -0.1) is 0 Å². The van der Waals surface area contributed by atoms with Crippen molar-refractivity contribution in [3.05, 3.63) is 27.8 Å². The lowest BCUT2D eigenvalue weighted by molar-refractivity contribution is -0.277. The molecule has 9 heteroatoms. The highest BCUT2D eigenvalue weighted by molar-refractivity contribution is 9.10. The summed E-state index contributed by atoms with van der Waals surface area (Å²) in [6.45, 7) is -0.523. The number of nitrogens with one attached hydrogen (secondary N) is 1. The van der Waals surface area contributed by atoms with E-state index in [0.717, 1.165) is 5.52 Å². The smallest absolute Gasteiger partial charge is 0.229 e. The van der Waals surface area contributed by atoms with Crippen LogP contribution in [-0.2, 0) is 4.74 Å². The van der Waals surface area contributed by atoms with Crippen molar-refractivity contribution in [3.8, 4) is 5.75 Å². The van der Waals surface area contributed by atoms with Crippen LogP contribution in [0.4, 0.5) is 0 Å². The second-order valence-corrected chi connectivity index (χ2v) is 6.48. The minimum absolute atomic E-state index is 0.315. The lowest BCUT2D eigenvalue weighted by Crippen LogP contribution is -2.60. The van der Waals surface area contributed by atoms with Gasteiger partial charge in [0.25, 0.3) is 0 Å². The van der Waals surface area contributed by atoms with E-state index in [-0.39, 0.29) is 0 Å². The molecule has 5 atom stereocenters. The molecule has 1 fully saturated rings. The van der Waals surface area contributed by atoms with E-state index in [1.165, 1.54) is 0 Å². The van der Waals surface area contributed by atoms with Gasteiger partial charge in [-0.1, -0.05) is 11.6 Å². The molecule has 7 nitrogen and oxygen atoms in total. The number of ether oxygens (including phenoxy) is 2. The lowest BCUT2D eigenvalue weighted by atomic mass is 9.99. The van der Waals surface area contributed by atoms with Crippen molar-refractivity contribution in [2.24, 2.45) is 0 Å². The van der Waals surface area contributed by atoms with Gasteiger partial charge >= 0.3 is 0 Å². The van der Waals surface area contributed by atoms with Gasteiger partial charge in [-0.3, -0.25) is 0 Å². The molecule has 1 aromatic carbocycles. The van der Waals surface area contributed by atoms with E-state index < -0.39 is 37.3 Å². The van der Waals surface area contributed by atoms with Gasteiger partial charge in [-0.05, 0) is 28.1 Å². The first-order valence-electron chi connectivity index (χ1n) is 6.86. The van der Waals surface area contributed by atoms with Crippen molar-refractivity contribution >= 4 is 38.4 Å². The van der Waals surface area contributed by atoms with E-state index in [1.807, 2.05) is 0 Å². The predicted octanol–water partition coefficient (Wildman–Crippen LogP) is 0.762. The molecule has 2 aromatic rings. The molecule has 0 amide bonds. The normalized spacial score (nSPS) is 31.5. The number of halogens is 2. The Morgan fingerprint density at radius 1 is 1.22 bits per heavy atom. The maximum absolute atomic E-state index is 10.0. The minimum atomic E-state index is -1.50. The second kappa shape index (κ2) is 6.56. The maximum atomic E-state index is 10.0. The summed E-state index contributed by atoms with van der Waals surface area (Å²) in [6.07, 6.45) is -5.17. The highest BCUT2D eigenvalue weighted by Crippen LogP contribution is 2.38. The number of benzene rings is 1. The van der Waals surface area contributed by atoms with Crippen LogP contribution >= 0.6 is 27.5 Å². The summed E-state index contributed by atoms with van der Waals surface area (Å²) in [5.74, 6) is 0.315. The molecule has 0 spiro atoms. The fraction of sp³-hybridized carbons (Fsp3) is 0.429. The Labute approximate surface area is 144 Å². The van der Waals surface area contributed by atoms with Crippen LogP contribution in [0.5, 0.6) is 5.75 Å². The van der Waals surface area contributed by atoms with E-state index in [0.29, 0.717) is 20.6 Å². The number of H-pyrrole nitrogens is 1. The van der Waals surface area contributed by atoms with E-state index in [2.05, 4.69) is 20.9 Å². The van der Waals surface area contributed by atoms with Crippen LogP contribution < -0.4 is 4.74 Å². The van der Waals surface area contributed by atoms with E-state index >= 15 is 0 Å². The number of aromatic amines is 1. The predicted molar refractivity (Wildman–Crippen MR) is 85.4 cm³/mol. The van der Waals surface area contributed by atoms with Gasteiger partial charge in [-0.25, -0.2) is 0 Å². The minimum Gasteiger partial charge on any atom is -0.460 e. The Morgan fingerprint density at radius 3 is 2.65 bits per heavy atom. The molecular formula is C14H15BrClNO6. The number of hydrogen-bond acceptors (Lipinski definition) is 6. The van der Waals surface area contributed by atoms with Crippen LogP contribution in [-0.4, -0.2) is 62.7 Å². The van der Waals surface area contributed by atoms with Crippen molar-refractivity contribution in [2.75, 3.05) is 6.61 Å². The molecule has 0 saturated carbocycles. The van der Waals surface area contributed by atoms with Gasteiger partial charge in [-0.2, -0.15) is 0 Å². The fourth-order valence-corrected chi connectivity index (χ4v) is 3.10. The van der Waals surface area contributed by atoms with E-state index in [9.17, 15) is 20.4 Å². The molecule has 0 unspecified atom stereocenters.